The molecular formula is C21H34O. The van der Waals surface area contributed by atoms with E-state index in [1.807, 2.05) is 0 Å². The lowest BCUT2D eigenvalue weighted by atomic mass is 9.62. The van der Waals surface area contributed by atoms with Crippen LogP contribution in [-0.2, 0) is 4.79 Å². The average molecular weight is 303 g/mol. The molecule has 2 aliphatic rings. The Morgan fingerprint density at radius 1 is 0.864 bits per heavy atom. The first-order valence-corrected chi connectivity index (χ1v) is 8.98. The number of carbonyl (C=O) groups excluding carboxylic acids is 1. The van der Waals surface area contributed by atoms with E-state index in [4.69, 9.17) is 0 Å². The zero-order valence-corrected chi connectivity index (χ0v) is 15.4. The van der Waals surface area contributed by atoms with Gasteiger partial charge in [0.25, 0.3) is 0 Å². The summed E-state index contributed by atoms with van der Waals surface area (Å²) in [4.78, 5) is 12.8. The Bertz CT molecular complexity index is 424. The number of hydrogen-bond acceptors (Lipinski definition) is 1. The minimum atomic E-state index is 0.247. The van der Waals surface area contributed by atoms with Crippen LogP contribution in [0.3, 0.4) is 0 Å². The van der Waals surface area contributed by atoms with E-state index < -0.39 is 0 Å². The molecule has 0 bridgehead atoms. The van der Waals surface area contributed by atoms with Crippen LogP contribution in [0.25, 0.3) is 0 Å². The SMILES string of the molecule is CC1C=CCC(C)(C)C1CC(=O)CC1C(C)C=CCC1(C)C. The lowest BCUT2D eigenvalue weighted by Gasteiger charge is -2.42. The van der Waals surface area contributed by atoms with Crippen LogP contribution in [0.15, 0.2) is 24.3 Å². The number of allylic oxidation sites excluding steroid dienone is 4. The van der Waals surface area contributed by atoms with Gasteiger partial charge in [-0.05, 0) is 47.3 Å². The van der Waals surface area contributed by atoms with Crippen molar-refractivity contribution in [2.24, 2.45) is 34.5 Å². The number of ketones is 1. The molecule has 0 radical (unpaired) electrons. The molecule has 4 unspecified atom stereocenters. The van der Waals surface area contributed by atoms with Crippen molar-refractivity contribution in [1.29, 1.82) is 0 Å². The van der Waals surface area contributed by atoms with E-state index in [1.165, 1.54) is 0 Å². The molecule has 4 atom stereocenters. The maximum absolute atomic E-state index is 12.8. The first-order valence-electron chi connectivity index (χ1n) is 8.98. The number of Topliss-reactive ketones (excluding diaryl/α,β-unsaturated/α-hetero) is 1. The zero-order chi connectivity index (χ0) is 16.5. The Morgan fingerprint density at radius 3 is 1.55 bits per heavy atom. The van der Waals surface area contributed by atoms with E-state index in [2.05, 4.69) is 65.8 Å². The molecule has 0 aliphatic heterocycles. The average Bonchev–Trinajstić information content (AvgIpc) is 2.38. The number of rotatable bonds is 4. The lowest BCUT2D eigenvalue weighted by Crippen LogP contribution is -2.36. The molecule has 0 N–H and O–H groups in total. The molecular weight excluding hydrogens is 268 g/mol. The summed E-state index contributed by atoms with van der Waals surface area (Å²) in [6.07, 6.45) is 12.9. The van der Waals surface area contributed by atoms with Crippen molar-refractivity contribution in [2.75, 3.05) is 0 Å². The third kappa shape index (κ3) is 3.73. The highest BCUT2D eigenvalue weighted by molar-refractivity contribution is 5.79. The molecule has 0 spiro atoms. The summed E-state index contributed by atoms with van der Waals surface area (Å²) in [5.74, 6) is 2.49. The summed E-state index contributed by atoms with van der Waals surface area (Å²) < 4.78 is 0. The maximum Gasteiger partial charge on any atom is 0.133 e. The Hall–Kier alpha value is -0.850. The number of hydrogen-bond donors (Lipinski definition) is 0. The van der Waals surface area contributed by atoms with Gasteiger partial charge in [-0.2, -0.15) is 0 Å². The number of carbonyl (C=O) groups is 1. The van der Waals surface area contributed by atoms with Crippen molar-refractivity contribution in [3.8, 4) is 0 Å². The second-order valence-corrected chi connectivity index (χ2v) is 9.12. The van der Waals surface area contributed by atoms with E-state index in [9.17, 15) is 4.79 Å². The van der Waals surface area contributed by atoms with Gasteiger partial charge in [-0.3, -0.25) is 4.79 Å². The fourth-order valence-electron chi connectivity index (χ4n) is 4.67. The minimum Gasteiger partial charge on any atom is -0.300 e. The molecule has 2 aliphatic carbocycles. The first kappa shape index (κ1) is 17.5. The van der Waals surface area contributed by atoms with Crippen LogP contribution in [-0.4, -0.2) is 5.78 Å². The molecule has 0 saturated heterocycles. The Kier molecular flexibility index (Phi) is 5.04. The highest BCUT2D eigenvalue weighted by Gasteiger charge is 2.39. The van der Waals surface area contributed by atoms with E-state index >= 15 is 0 Å². The molecule has 124 valence electrons. The molecule has 2 rings (SSSR count). The normalized spacial score (nSPS) is 36.3. The molecule has 0 saturated carbocycles. The fraction of sp³-hybridized carbons (Fsp3) is 0.762. The van der Waals surface area contributed by atoms with Gasteiger partial charge in [0.1, 0.15) is 5.78 Å². The Balaban J connectivity index is 2.03. The van der Waals surface area contributed by atoms with Gasteiger partial charge in [-0.1, -0.05) is 65.8 Å². The second kappa shape index (κ2) is 6.34. The minimum absolute atomic E-state index is 0.247. The van der Waals surface area contributed by atoms with Crippen LogP contribution in [0, 0.1) is 34.5 Å². The van der Waals surface area contributed by atoms with Crippen molar-refractivity contribution in [3.05, 3.63) is 24.3 Å². The predicted octanol–water partition coefficient (Wildman–Crippen LogP) is 5.81. The summed E-state index contributed by atoms with van der Waals surface area (Å²) in [6, 6.07) is 0. The Morgan fingerprint density at radius 2 is 1.23 bits per heavy atom. The smallest absolute Gasteiger partial charge is 0.133 e. The van der Waals surface area contributed by atoms with E-state index in [1.54, 1.807) is 0 Å². The summed E-state index contributed by atoms with van der Waals surface area (Å²) in [5, 5.41) is 0. The van der Waals surface area contributed by atoms with E-state index in [0.29, 0.717) is 29.5 Å². The van der Waals surface area contributed by atoms with Gasteiger partial charge in [0, 0.05) is 12.8 Å². The van der Waals surface area contributed by atoms with Crippen molar-refractivity contribution in [2.45, 2.75) is 67.2 Å². The summed E-state index contributed by atoms with van der Waals surface area (Å²) in [5.41, 5.74) is 0.495. The van der Waals surface area contributed by atoms with Crippen LogP contribution in [0.5, 0.6) is 0 Å². The van der Waals surface area contributed by atoms with Gasteiger partial charge in [-0.25, -0.2) is 0 Å². The molecule has 0 fully saturated rings. The highest BCUT2D eigenvalue weighted by Crippen LogP contribution is 2.45. The van der Waals surface area contributed by atoms with Crippen molar-refractivity contribution in [3.63, 3.8) is 0 Å². The van der Waals surface area contributed by atoms with Gasteiger partial charge < -0.3 is 0 Å². The van der Waals surface area contributed by atoms with Crippen LogP contribution in [0.2, 0.25) is 0 Å². The molecule has 22 heavy (non-hydrogen) atoms. The van der Waals surface area contributed by atoms with Crippen LogP contribution in [0.4, 0.5) is 0 Å². The van der Waals surface area contributed by atoms with Crippen LogP contribution >= 0.6 is 0 Å². The fourth-order valence-corrected chi connectivity index (χ4v) is 4.67. The molecule has 0 amide bonds. The largest absolute Gasteiger partial charge is 0.300 e. The molecule has 0 aromatic heterocycles. The monoisotopic (exact) mass is 302 g/mol. The topological polar surface area (TPSA) is 17.1 Å². The summed E-state index contributed by atoms with van der Waals surface area (Å²) in [6.45, 7) is 13.8. The van der Waals surface area contributed by atoms with E-state index in [-0.39, 0.29) is 10.8 Å². The molecule has 1 nitrogen and oxygen atoms in total. The van der Waals surface area contributed by atoms with Crippen molar-refractivity contribution >= 4 is 5.78 Å². The molecule has 1 heteroatoms. The van der Waals surface area contributed by atoms with Gasteiger partial charge in [0.05, 0.1) is 0 Å². The van der Waals surface area contributed by atoms with E-state index in [0.717, 1.165) is 25.7 Å². The Labute approximate surface area is 137 Å². The summed E-state index contributed by atoms with van der Waals surface area (Å²) in [7, 11) is 0. The standard InChI is InChI=1S/C21H34O/c1-15-9-7-11-20(3,4)18(15)13-17(22)14-19-16(2)10-8-12-21(19,5)6/h7-10,15-16,18-19H,11-14H2,1-6H3. The van der Waals surface area contributed by atoms with Gasteiger partial charge in [0.15, 0.2) is 0 Å². The van der Waals surface area contributed by atoms with Crippen LogP contribution < -0.4 is 0 Å². The second-order valence-electron chi connectivity index (χ2n) is 9.12. The third-order valence-corrected chi connectivity index (χ3v) is 6.34. The lowest BCUT2D eigenvalue weighted by molar-refractivity contribution is -0.123. The van der Waals surface area contributed by atoms with Gasteiger partial charge >= 0.3 is 0 Å². The maximum atomic E-state index is 12.8. The zero-order valence-electron chi connectivity index (χ0n) is 15.4. The molecule has 0 aromatic carbocycles. The predicted molar refractivity (Wildman–Crippen MR) is 94.6 cm³/mol. The van der Waals surface area contributed by atoms with Gasteiger partial charge in [0.2, 0.25) is 0 Å². The quantitative estimate of drug-likeness (QED) is 0.599. The summed E-state index contributed by atoms with van der Waals surface area (Å²) >= 11 is 0. The molecule has 0 aromatic rings. The third-order valence-electron chi connectivity index (χ3n) is 6.34. The first-order chi connectivity index (χ1) is 10.1. The molecule has 0 heterocycles. The van der Waals surface area contributed by atoms with Crippen molar-refractivity contribution in [1.82, 2.24) is 0 Å². The highest BCUT2D eigenvalue weighted by atomic mass is 16.1. The van der Waals surface area contributed by atoms with Crippen LogP contribution in [0.1, 0.15) is 67.2 Å². The van der Waals surface area contributed by atoms with Gasteiger partial charge in [-0.15, -0.1) is 0 Å². The van der Waals surface area contributed by atoms with Crippen molar-refractivity contribution < 1.29 is 4.79 Å².